The number of hydrogen-bond acceptors (Lipinski definition) is 3. The third-order valence-corrected chi connectivity index (χ3v) is 3.22. The van der Waals surface area contributed by atoms with Crippen LogP contribution in [0.25, 0.3) is 0 Å². The maximum Gasteiger partial charge on any atom is 0.234 e. The second kappa shape index (κ2) is 7.61. The van der Waals surface area contributed by atoms with Gasteiger partial charge in [-0.05, 0) is 36.2 Å². The molecular weight excluding hydrogens is 288 g/mol. The van der Waals surface area contributed by atoms with E-state index >= 15 is 0 Å². The van der Waals surface area contributed by atoms with Crippen molar-refractivity contribution in [1.29, 1.82) is 0 Å². The fraction of sp³-hybridized carbons (Fsp3) is 0.250. The monoisotopic (exact) mass is 305 g/mol. The van der Waals surface area contributed by atoms with Crippen molar-refractivity contribution in [2.45, 2.75) is 19.5 Å². The van der Waals surface area contributed by atoms with Gasteiger partial charge in [-0.2, -0.15) is 0 Å². The Bertz CT molecular complexity index is 635. The standard InChI is InChI=1S/C16H17F2N3O/c1-11(13-4-5-14(17)15(18)7-13)20-10-16(22)21-9-12-3-2-6-19-8-12/h2-8,11,20H,9-10H2,1H3,(H,21,22). The Morgan fingerprint density at radius 2 is 2.09 bits per heavy atom. The average Bonchev–Trinajstić information content (AvgIpc) is 2.54. The number of halogens is 2. The topological polar surface area (TPSA) is 54.0 Å². The molecule has 1 heterocycles. The number of aromatic nitrogens is 1. The first-order chi connectivity index (χ1) is 10.6. The molecule has 2 N–H and O–H groups in total. The first-order valence-electron chi connectivity index (χ1n) is 6.90. The maximum atomic E-state index is 13.2. The Morgan fingerprint density at radius 3 is 2.77 bits per heavy atom. The highest BCUT2D eigenvalue weighted by Gasteiger charge is 2.10. The molecule has 4 nitrogen and oxygen atoms in total. The normalized spacial score (nSPS) is 12.0. The van der Waals surface area contributed by atoms with Crippen LogP contribution >= 0.6 is 0 Å². The number of amides is 1. The van der Waals surface area contributed by atoms with E-state index in [4.69, 9.17) is 0 Å². The molecule has 0 aliphatic carbocycles. The van der Waals surface area contributed by atoms with Gasteiger partial charge in [-0.15, -0.1) is 0 Å². The van der Waals surface area contributed by atoms with E-state index in [9.17, 15) is 13.6 Å². The molecule has 22 heavy (non-hydrogen) atoms. The van der Waals surface area contributed by atoms with Crippen LogP contribution in [0.3, 0.4) is 0 Å². The van der Waals surface area contributed by atoms with E-state index < -0.39 is 11.6 Å². The number of pyridine rings is 1. The van der Waals surface area contributed by atoms with Crippen molar-refractivity contribution in [2.75, 3.05) is 6.54 Å². The van der Waals surface area contributed by atoms with Crippen molar-refractivity contribution in [3.05, 3.63) is 65.5 Å². The molecule has 116 valence electrons. The summed E-state index contributed by atoms with van der Waals surface area (Å²) >= 11 is 0. The van der Waals surface area contributed by atoms with Crippen LogP contribution in [0.4, 0.5) is 8.78 Å². The van der Waals surface area contributed by atoms with Crippen molar-refractivity contribution >= 4 is 5.91 Å². The van der Waals surface area contributed by atoms with Crippen LogP contribution in [0, 0.1) is 11.6 Å². The van der Waals surface area contributed by atoms with E-state index in [0.29, 0.717) is 12.1 Å². The van der Waals surface area contributed by atoms with Gasteiger partial charge in [0.05, 0.1) is 6.54 Å². The number of nitrogens with zero attached hydrogens (tertiary/aromatic N) is 1. The van der Waals surface area contributed by atoms with E-state index in [1.54, 1.807) is 25.4 Å². The van der Waals surface area contributed by atoms with Crippen LogP contribution in [0.5, 0.6) is 0 Å². The summed E-state index contributed by atoms with van der Waals surface area (Å²) < 4.78 is 26.0. The summed E-state index contributed by atoms with van der Waals surface area (Å²) in [5.74, 6) is -1.96. The lowest BCUT2D eigenvalue weighted by Gasteiger charge is -2.14. The number of carbonyl (C=O) groups excluding carboxylic acids is 1. The van der Waals surface area contributed by atoms with Crippen molar-refractivity contribution in [2.24, 2.45) is 0 Å². The van der Waals surface area contributed by atoms with Gasteiger partial charge in [0.25, 0.3) is 0 Å². The predicted molar refractivity (Wildman–Crippen MR) is 78.9 cm³/mol. The van der Waals surface area contributed by atoms with Crippen molar-refractivity contribution < 1.29 is 13.6 Å². The maximum absolute atomic E-state index is 13.2. The summed E-state index contributed by atoms with van der Waals surface area (Å²) in [6.45, 7) is 2.26. The van der Waals surface area contributed by atoms with Crippen LogP contribution in [0.1, 0.15) is 24.1 Å². The van der Waals surface area contributed by atoms with Crippen LogP contribution < -0.4 is 10.6 Å². The zero-order valence-electron chi connectivity index (χ0n) is 12.1. The molecule has 2 aromatic rings. The third kappa shape index (κ3) is 4.60. The number of carbonyl (C=O) groups is 1. The molecule has 1 atom stereocenters. The van der Waals surface area contributed by atoms with Gasteiger partial charge >= 0.3 is 0 Å². The Balaban J connectivity index is 1.79. The minimum absolute atomic E-state index is 0.0838. The Hall–Kier alpha value is -2.34. The minimum Gasteiger partial charge on any atom is -0.351 e. The molecule has 0 fully saturated rings. The van der Waals surface area contributed by atoms with Gasteiger partial charge in [0.2, 0.25) is 5.91 Å². The molecular formula is C16H17F2N3O. The fourth-order valence-electron chi connectivity index (χ4n) is 1.91. The summed E-state index contributed by atoms with van der Waals surface area (Å²) in [6, 6.07) is 7.09. The molecule has 0 aliphatic heterocycles. The first kappa shape index (κ1) is 16.0. The molecule has 1 aromatic carbocycles. The van der Waals surface area contributed by atoms with Crippen molar-refractivity contribution in [3.8, 4) is 0 Å². The zero-order chi connectivity index (χ0) is 15.9. The lowest BCUT2D eigenvalue weighted by Crippen LogP contribution is -2.34. The molecule has 1 unspecified atom stereocenters. The van der Waals surface area contributed by atoms with E-state index in [2.05, 4.69) is 15.6 Å². The van der Waals surface area contributed by atoms with Gasteiger partial charge in [-0.25, -0.2) is 8.78 Å². The smallest absolute Gasteiger partial charge is 0.234 e. The van der Waals surface area contributed by atoms with E-state index in [0.717, 1.165) is 17.7 Å². The third-order valence-electron chi connectivity index (χ3n) is 3.22. The van der Waals surface area contributed by atoms with Crippen molar-refractivity contribution in [1.82, 2.24) is 15.6 Å². The number of nitrogens with one attached hydrogen (secondary N) is 2. The van der Waals surface area contributed by atoms with Gasteiger partial charge in [0.1, 0.15) is 0 Å². The van der Waals surface area contributed by atoms with Crippen LogP contribution in [-0.2, 0) is 11.3 Å². The van der Waals surface area contributed by atoms with Crippen molar-refractivity contribution in [3.63, 3.8) is 0 Å². The molecule has 0 bridgehead atoms. The summed E-state index contributed by atoms with van der Waals surface area (Å²) in [5.41, 5.74) is 1.49. The van der Waals surface area contributed by atoms with E-state index in [1.807, 2.05) is 6.07 Å². The summed E-state index contributed by atoms with van der Waals surface area (Å²) in [5, 5.41) is 5.72. The van der Waals surface area contributed by atoms with Crippen LogP contribution in [-0.4, -0.2) is 17.4 Å². The molecule has 6 heteroatoms. The molecule has 0 spiro atoms. The highest BCUT2D eigenvalue weighted by molar-refractivity contribution is 5.78. The second-order valence-corrected chi connectivity index (χ2v) is 4.91. The molecule has 1 amide bonds. The predicted octanol–water partition coefficient (Wildman–Crippen LogP) is 2.33. The number of hydrogen-bond donors (Lipinski definition) is 2. The quantitative estimate of drug-likeness (QED) is 0.861. The van der Waals surface area contributed by atoms with Gasteiger partial charge in [0, 0.05) is 25.0 Å². The molecule has 0 saturated heterocycles. The Morgan fingerprint density at radius 1 is 1.27 bits per heavy atom. The average molecular weight is 305 g/mol. The van der Waals surface area contributed by atoms with E-state index in [1.165, 1.54) is 6.07 Å². The highest BCUT2D eigenvalue weighted by atomic mass is 19.2. The summed E-state index contributed by atoms with van der Waals surface area (Å²) in [6.07, 6.45) is 3.34. The minimum atomic E-state index is -0.896. The Labute approximate surface area is 127 Å². The van der Waals surface area contributed by atoms with Gasteiger partial charge in [-0.3, -0.25) is 9.78 Å². The summed E-state index contributed by atoms with van der Waals surface area (Å²) in [4.78, 5) is 15.7. The largest absolute Gasteiger partial charge is 0.351 e. The van der Waals surface area contributed by atoms with Gasteiger partial charge in [0.15, 0.2) is 11.6 Å². The fourth-order valence-corrected chi connectivity index (χ4v) is 1.91. The lowest BCUT2D eigenvalue weighted by molar-refractivity contribution is -0.120. The van der Waals surface area contributed by atoms with Crippen LogP contribution in [0.15, 0.2) is 42.7 Å². The Kier molecular flexibility index (Phi) is 5.55. The van der Waals surface area contributed by atoms with Crippen LogP contribution in [0.2, 0.25) is 0 Å². The molecule has 2 rings (SSSR count). The highest BCUT2D eigenvalue weighted by Crippen LogP contribution is 2.15. The number of benzene rings is 1. The van der Waals surface area contributed by atoms with E-state index in [-0.39, 0.29) is 18.5 Å². The zero-order valence-corrected chi connectivity index (χ0v) is 12.1. The molecule has 0 aliphatic rings. The first-order valence-corrected chi connectivity index (χ1v) is 6.90. The lowest BCUT2D eigenvalue weighted by atomic mass is 10.1. The molecule has 1 aromatic heterocycles. The molecule has 0 saturated carbocycles. The van der Waals surface area contributed by atoms with Gasteiger partial charge in [-0.1, -0.05) is 12.1 Å². The summed E-state index contributed by atoms with van der Waals surface area (Å²) in [7, 11) is 0. The molecule has 0 radical (unpaired) electrons. The number of rotatable bonds is 6. The van der Waals surface area contributed by atoms with Gasteiger partial charge < -0.3 is 10.6 Å². The second-order valence-electron chi connectivity index (χ2n) is 4.91. The SMILES string of the molecule is CC(NCC(=O)NCc1cccnc1)c1ccc(F)c(F)c1.